The lowest BCUT2D eigenvalue weighted by molar-refractivity contribution is -0.123. The average molecular weight is 382 g/mol. The van der Waals surface area contributed by atoms with Gasteiger partial charge in [-0.3, -0.25) is 4.79 Å². The molecule has 0 saturated carbocycles. The number of hydrogen-bond acceptors (Lipinski definition) is 3. The van der Waals surface area contributed by atoms with E-state index in [-0.39, 0.29) is 30.8 Å². The molecule has 1 heterocycles. The van der Waals surface area contributed by atoms with Crippen LogP contribution < -0.4 is 5.32 Å². The van der Waals surface area contributed by atoms with E-state index in [2.05, 4.69) is 24.4 Å². The highest BCUT2D eigenvalue weighted by Crippen LogP contribution is 2.27. The number of aliphatic hydroxyl groups is 1. The zero-order chi connectivity index (χ0) is 19.7. The molecule has 0 aliphatic carbocycles. The molecule has 1 aliphatic heterocycles. The molecule has 4 heteroatoms. The maximum atomic E-state index is 11.8. The molecule has 0 bridgehead atoms. The fourth-order valence-electron chi connectivity index (χ4n) is 3.39. The first-order chi connectivity index (χ1) is 13.2. The largest absolute Gasteiger partial charge is 0.394 e. The van der Waals surface area contributed by atoms with Gasteiger partial charge in [-0.05, 0) is 32.6 Å². The van der Waals surface area contributed by atoms with E-state index >= 15 is 0 Å². The molecule has 2 N–H and O–H groups in total. The van der Waals surface area contributed by atoms with Gasteiger partial charge in [0.2, 0.25) is 0 Å². The van der Waals surface area contributed by atoms with E-state index in [9.17, 15) is 4.79 Å². The summed E-state index contributed by atoms with van der Waals surface area (Å²) in [5.41, 5.74) is 0. The van der Waals surface area contributed by atoms with Crippen LogP contribution in [0, 0.1) is 0 Å². The van der Waals surface area contributed by atoms with Crippen molar-refractivity contribution in [3.8, 4) is 0 Å². The lowest BCUT2D eigenvalue weighted by atomic mass is 10.1. The first kappa shape index (κ1) is 24.2. The van der Waals surface area contributed by atoms with Crippen LogP contribution >= 0.6 is 0 Å². The number of ether oxygens (including phenoxy) is 1. The number of aliphatic hydroxyl groups excluding tert-OH is 1. The lowest BCUT2D eigenvalue weighted by Gasteiger charge is -2.08. The Morgan fingerprint density at radius 1 is 0.963 bits per heavy atom. The molecule has 1 rings (SSSR count). The highest BCUT2D eigenvalue weighted by Gasteiger charge is 2.44. The van der Waals surface area contributed by atoms with Crippen molar-refractivity contribution < 1.29 is 14.6 Å². The SMILES string of the molecule is CCCCCCCCCCCCC/C=C/CCC1OC1C(=O)N[C@H](C)CO. The number of unbranched alkanes of at least 4 members (excludes halogenated alkanes) is 11. The van der Waals surface area contributed by atoms with Crippen molar-refractivity contribution in [2.24, 2.45) is 0 Å². The Bertz CT molecular complexity index is 397. The molecular formula is C23H43NO3. The van der Waals surface area contributed by atoms with Crippen molar-refractivity contribution in [3.05, 3.63) is 12.2 Å². The van der Waals surface area contributed by atoms with Gasteiger partial charge in [0.15, 0.2) is 6.10 Å². The van der Waals surface area contributed by atoms with E-state index in [1.54, 1.807) is 6.92 Å². The van der Waals surface area contributed by atoms with Crippen LogP contribution in [0.5, 0.6) is 0 Å². The minimum atomic E-state index is -0.306. The van der Waals surface area contributed by atoms with Crippen molar-refractivity contribution in [3.63, 3.8) is 0 Å². The molecule has 0 aromatic heterocycles. The third-order valence-corrected chi connectivity index (χ3v) is 5.26. The second-order valence-electron chi connectivity index (χ2n) is 8.06. The Hall–Kier alpha value is -0.870. The molecule has 0 radical (unpaired) electrons. The predicted octanol–water partition coefficient (Wildman–Crippen LogP) is 5.29. The van der Waals surface area contributed by atoms with E-state index in [1.165, 1.54) is 77.0 Å². The zero-order valence-electron chi connectivity index (χ0n) is 17.8. The standard InChI is InChI=1S/C23H43NO3/c1-3-4-5-6-7-8-9-10-11-12-13-14-15-16-17-18-21-22(27-21)23(26)24-20(2)19-25/h15-16,20-22,25H,3-14,17-19H2,1-2H3,(H,24,26)/b16-15+/t20-,21?,22?/m1/s1. The van der Waals surface area contributed by atoms with Crippen LogP contribution in [0.1, 0.15) is 104 Å². The van der Waals surface area contributed by atoms with Crippen molar-refractivity contribution in [2.75, 3.05) is 6.61 Å². The van der Waals surface area contributed by atoms with Crippen LogP contribution in [-0.2, 0) is 9.53 Å². The fourth-order valence-corrected chi connectivity index (χ4v) is 3.39. The summed E-state index contributed by atoms with van der Waals surface area (Å²) in [5.74, 6) is -0.0912. The van der Waals surface area contributed by atoms with Crippen molar-refractivity contribution in [1.82, 2.24) is 5.32 Å². The molecule has 0 aromatic rings. The van der Waals surface area contributed by atoms with E-state index in [4.69, 9.17) is 9.84 Å². The zero-order valence-corrected chi connectivity index (χ0v) is 17.8. The summed E-state index contributed by atoms with van der Waals surface area (Å²) in [5, 5.41) is 11.7. The number of nitrogens with one attached hydrogen (secondary N) is 1. The van der Waals surface area contributed by atoms with E-state index in [0.717, 1.165) is 12.8 Å². The van der Waals surface area contributed by atoms with Gasteiger partial charge >= 0.3 is 0 Å². The number of rotatable bonds is 18. The highest BCUT2D eigenvalue weighted by atomic mass is 16.6. The second kappa shape index (κ2) is 16.1. The minimum Gasteiger partial charge on any atom is -0.394 e. The molecular weight excluding hydrogens is 338 g/mol. The van der Waals surface area contributed by atoms with Gasteiger partial charge in [-0.25, -0.2) is 0 Å². The molecule has 27 heavy (non-hydrogen) atoms. The van der Waals surface area contributed by atoms with E-state index in [1.807, 2.05) is 0 Å². The molecule has 2 unspecified atom stereocenters. The summed E-state index contributed by atoms with van der Waals surface area (Å²) in [7, 11) is 0. The predicted molar refractivity (Wildman–Crippen MR) is 113 cm³/mol. The molecule has 1 aliphatic rings. The summed E-state index contributed by atoms with van der Waals surface area (Å²) in [4.78, 5) is 11.8. The molecule has 1 fully saturated rings. The Labute approximate surface area is 167 Å². The van der Waals surface area contributed by atoms with E-state index < -0.39 is 0 Å². The van der Waals surface area contributed by atoms with Gasteiger partial charge in [-0.15, -0.1) is 0 Å². The summed E-state index contributed by atoms with van der Waals surface area (Å²) < 4.78 is 5.42. The fraction of sp³-hybridized carbons (Fsp3) is 0.870. The molecule has 4 nitrogen and oxygen atoms in total. The summed E-state index contributed by atoms with van der Waals surface area (Å²) in [6.07, 6.45) is 22.6. The van der Waals surface area contributed by atoms with Gasteiger partial charge in [0.1, 0.15) is 0 Å². The highest BCUT2D eigenvalue weighted by molar-refractivity contribution is 5.83. The van der Waals surface area contributed by atoms with Gasteiger partial charge in [-0.1, -0.05) is 83.3 Å². The van der Waals surface area contributed by atoms with Gasteiger partial charge in [-0.2, -0.15) is 0 Å². The van der Waals surface area contributed by atoms with Crippen molar-refractivity contribution >= 4 is 5.91 Å². The maximum absolute atomic E-state index is 11.8. The van der Waals surface area contributed by atoms with Crippen LogP contribution in [0.25, 0.3) is 0 Å². The van der Waals surface area contributed by atoms with Gasteiger partial charge in [0.05, 0.1) is 12.7 Å². The quantitative estimate of drug-likeness (QED) is 0.193. The normalized spacial score (nSPS) is 20.1. The Morgan fingerprint density at radius 3 is 2.11 bits per heavy atom. The van der Waals surface area contributed by atoms with Gasteiger partial charge in [0.25, 0.3) is 5.91 Å². The summed E-state index contributed by atoms with van der Waals surface area (Å²) in [6, 6.07) is -0.201. The lowest BCUT2D eigenvalue weighted by Crippen LogP contribution is -2.38. The number of carbonyl (C=O) groups excluding carboxylic acids is 1. The number of hydrogen-bond donors (Lipinski definition) is 2. The Kier molecular flexibility index (Phi) is 14.4. The third-order valence-electron chi connectivity index (χ3n) is 5.26. The molecule has 158 valence electrons. The molecule has 0 spiro atoms. The van der Waals surface area contributed by atoms with Crippen molar-refractivity contribution in [1.29, 1.82) is 0 Å². The van der Waals surface area contributed by atoms with Crippen LogP contribution in [-0.4, -0.2) is 35.9 Å². The minimum absolute atomic E-state index is 0.0368. The topological polar surface area (TPSA) is 61.9 Å². The van der Waals surface area contributed by atoms with Crippen LogP contribution in [0.3, 0.4) is 0 Å². The van der Waals surface area contributed by atoms with Gasteiger partial charge < -0.3 is 15.2 Å². The smallest absolute Gasteiger partial charge is 0.252 e. The molecule has 1 amide bonds. The Balaban J connectivity index is 1.82. The van der Waals surface area contributed by atoms with E-state index in [0.29, 0.717) is 0 Å². The first-order valence-electron chi connectivity index (χ1n) is 11.4. The monoisotopic (exact) mass is 381 g/mol. The maximum Gasteiger partial charge on any atom is 0.252 e. The first-order valence-corrected chi connectivity index (χ1v) is 11.4. The number of allylic oxidation sites excluding steroid dienone is 2. The summed E-state index contributed by atoms with van der Waals surface area (Å²) in [6.45, 7) is 4.02. The Morgan fingerprint density at radius 2 is 1.52 bits per heavy atom. The van der Waals surface area contributed by atoms with Crippen LogP contribution in [0.15, 0.2) is 12.2 Å². The molecule has 3 atom stereocenters. The van der Waals surface area contributed by atoms with Crippen LogP contribution in [0.4, 0.5) is 0 Å². The van der Waals surface area contributed by atoms with Crippen molar-refractivity contribution in [2.45, 2.75) is 122 Å². The van der Waals surface area contributed by atoms with Crippen LogP contribution in [0.2, 0.25) is 0 Å². The average Bonchev–Trinajstić information content (AvgIpc) is 3.44. The molecule has 0 aromatic carbocycles. The summed E-state index contributed by atoms with van der Waals surface area (Å²) >= 11 is 0. The van der Waals surface area contributed by atoms with Gasteiger partial charge in [0, 0.05) is 6.04 Å². The number of amides is 1. The molecule has 1 saturated heterocycles. The number of epoxide rings is 1. The number of carbonyl (C=O) groups is 1. The second-order valence-corrected chi connectivity index (χ2v) is 8.06. The third kappa shape index (κ3) is 13.0.